The SMILES string of the molecule is Nn1c(SCC(=O)Nc2ccc(OC(F)(F)F)cc2)nnc1[C@@H]1COc2ccccc2O1. The molecule has 1 amide bonds. The fraction of sp³-hybridized carbons (Fsp3) is 0.211. The zero-order valence-electron chi connectivity index (χ0n) is 16.2. The summed E-state index contributed by atoms with van der Waals surface area (Å²) in [7, 11) is 0. The molecule has 1 aliphatic heterocycles. The van der Waals surface area contributed by atoms with E-state index in [4.69, 9.17) is 15.3 Å². The van der Waals surface area contributed by atoms with Gasteiger partial charge in [0.15, 0.2) is 23.4 Å². The highest BCUT2D eigenvalue weighted by Gasteiger charge is 2.31. The summed E-state index contributed by atoms with van der Waals surface area (Å²) in [4.78, 5) is 12.2. The highest BCUT2D eigenvalue weighted by Crippen LogP contribution is 2.35. The average Bonchev–Trinajstić information content (AvgIpc) is 3.12. The van der Waals surface area contributed by atoms with Crippen LogP contribution in [-0.4, -0.2) is 39.5 Å². The molecule has 0 aliphatic carbocycles. The molecular weight excluding hydrogens is 451 g/mol. The maximum absolute atomic E-state index is 12.2. The standard InChI is InChI=1S/C19H16F3N5O4S/c20-19(21,22)31-12-7-5-11(6-8-12)24-16(28)10-32-18-26-25-17(27(18)23)15-9-29-13-3-1-2-4-14(13)30-15/h1-8,15H,9-10,23H2,(H,24,28)/t15-/m0/s1. The molecule has 1 atom stereocenters. The zero-order valence-corrected chi connectivity index (χ0v) is 17.0. The number of thioether (sulfide) groups is 1. The Hall–Kier alpha value is -3.61. The largest absolute Gasteiger partial charge is 0.573 e. The fourth-order valence-corrected chi connectivity index (χ4v) is 3.48. The first-order chi connectivity index (χ1) is 15.3. The van der Waals surface area contributed by atoms with Crippen LogP contribution in [0.25, 0.3) is 0 Å². The highest BCUT2D eigenvalue weighted by atomic mass is 32.2. The number of carbonyl (C=O) groups is 1. The van der Waals surface area contributed by atoms with Crippen LogP contribution in [0.5, 0.6) is 17.2 Å². The minimum atomic E-state index is -4.78. The summed E-state index contributed by atoms with van der Waals surface area (Å²) < 4.78 is 53.1. The van der Waals surface area contributed by atoms with E-state index in [0.29, 0.717) is 23.0 Å². The van der Waals surface area contributed by atoms with Gasteiger partial charge in [-0.15, -0.1) is 23.4 Å². The number of carbonyl (C=O) groups excluding carboxylic acids is 1. The molecule has 0 saturated carbocycles. The first-order valence-electron chi connectivity index (χ1n) is 9.16. The van der Waals surface area contributed by atoms with E-state index in [1.165, 1.54) is 16.8 Å². The number of alkyl halides is 3. The molecule has 0 spiro atoms. The Morgan fingerprint density at radius 3 is 2.62 bits per heavy atom. The molecule has 1 aromatic heterocycles. The van der Waals surface area contributed by atoms with Gasteiger partial charge in [-0.3, -0.25) is 4.79 Å². The monoisotopic (exact) mass is 467 g/mol. The second-order valence-electron chi connectivity index (χ2n) is 6.48. The van der Waals surface area contributed by atoms with Gasteiger partial charge in [0.05, 0.1) is 5.75 Å². The van der Waals surface area contributed by atoms with Crippen LogP contribution in [0.2, 0.25) is 0 Å². The summed E-state index contributed by atoms with van der Waals surface area (Å²) in [5.74, 6) is 6.73. The van der Waals surface area contributed by atoms with Crippen molar-refractivity contribution in [3.05, 3.63) is 54.4 Å². The lowest BCUT2D eigenvalue weighted by atomic mass is 10.2. The van der Waals surface area contributed by atoms with Crippen LogP contribution < -0.4 is 25.4 Å². The van der Waals surface area contributed by atoms with Crippen LogP contribution in [0.15, 0.2) is 53.7 Å². The van der Waals surface area contributed by atoms with Gasteiger partial charge in [0.2, 0.25) is 11.1 Å². The molecule has 0 bridgehead atoms. The van der Waals surface area contributed by atoms with E-state index in [1.807, 2.05) is 12.1 Å². The lowest BCUT2D eigenvalue weighted by Crippen LogP contribution is -2.27. The van der Waals surface area contributed by atoms with Crippen molar-refractivity contribution in [1.29, 1.82) is 0 Å². The Bertz CT molecular complexity index is 1110. The number of rotatable bonds is 6. The van der Waals surface area contributed by atoms with Crippen LogP contribution >= 0.6 is 11.8 Å². The van der Waals surface area contributed by atoms with E-state index in [1.54, 1.807) is 12.1 Å². The van der Waals surface area contributed by atoms with Gasteiger partial charge in [0.25, 0.3) is 0 Å². The van der Waals surface area contributed by atoms with Gasteiger partial charge < -0.3 is 25.4 Å². The number of amides is 1. The minimum Gasteiger partial charge on any atom is -0.485 e. The summed E-state index contributed by atoms with van der Waals surface area (Å²) in [5.41, 5.74) is 0.312. The second-order valence-corrected chi connectivity index (χ2v) is 7.43. The molecule has 3 N–H and O–H groups in total. The fourth-order valence-electron chi connectivity index (χ4n) is 2.82. The summed E-state index contributed by atoms with van der Waals surface area (Å²) in [6.45, 7) is 0.200. The number of nitrogens with two attached hydrogens (primary N) is 1. The third-order valence-corrected chi connectivity index (χ3v) is 5.13. The van der Waals surface area contributed by atoms with Gasteiger partial charge in [0, 0.05) is 5.69 Å². The molecule has 1 aliphatic rings. The number of para-hydroxylation sites is 2. The van der Waals surface area contributed by atoms with Crippen molar-refractivity contribution >= 4 is 23.4 Å². The van der Waals surface area contributed by atoms with Gasteiger partial charge in [-0.2, -0.15) is 0 Å². The lowest BCUT2D eigenvalue weighted by Gasteiger charge is -2.25. The van der Waals surface area contributed by atoms with Gasteiger partial charge in [-0.25, -0.2) is 4.68 Å². The summed E-state index contributed by atoms with van der Waals surface area (Å²) in [6.07, 6.45) is -5.35. The number of nitrogen functional groups attached to an aromatic ring is 1. The van der Waals surface area contributed by atoms with Crippen LogP contribution in [-0.2, 0) is 4.79 Å². The van der Waals surface area contributed by atoms with Crippen molar-refractivity contribution in [3.63, 3.8) is 0 Å². The third-order valence-electron chi connectivity index (χ3n) is 4.19. The number of ether oxygens (including phenoxy) is 3. The zero-order chi connectivity index (χ0) is 22.7. The van der Waals surface area contributed by atoms with Gasteiger partial charge in [0.1, 0.15) is 12.4 Å². The lowest BCUT2D eigenvalue weighted by molar-refractivity contribution is -0.274. The Morgan fingerprint density at radius 1 is 1.19 bits per heavy atom. The molecule has 0 saturated heterocycles. The number of halogens is 3. The van der Waals surface area contributed by atoms with Crippen molar-refractivity contribution in [2.24, 2.45) is 0 Å². The average molecular weight is 467 g/mol. The summed E-state index contributed by atoms with van der Waals surface area (Å²) in [6, 6.07) is 12.0. The molecular formula is C19H16F3N5O4S. The number of nitrogens with zero attached hydrogens (tertiary/aromatic N) is 3. The number of hydrogen-bond donors (Lipinski definition) is 2. The van der Waals surface area contributed by atoms with E-state index in [2.05, 4.69) is 20.3 Å². The molecule has 3 aromatic rings. The Balaban J connectivity index is 1.32. The molecule has 2 heterocycles. The maximum Gasteiger partial charge on any atom is 0.573 e. The van der Waals surface area contributed by atoms with Crippen molar-refractivity contribution in [1.82, 2.24) is 14.9 Å². The smallest absolute Gasteiger partial charge is 0.485 e. The van der Waals surface area contributed by atoms with E-state index < -0.39 is 18.4 Å². The van der Waals surface area contributed by atoms with Crippen LogP contribution in [0, 0.1) is 0 Å². The van der Waals surface area contributed by atoms with Crippen LogP contribution in [0.4, 0.5) is 18.9 Å². The predicted octanol–water partition coefficient (Wildman–Crippen LogP) is 3.13. The van der Waals surface area contributed by atoms with E-state index in [0.717, 1.165) is 23.9 Å². The van der Waals surface area contributed by atoms with Crippen molar-refractivity contribution in [2.45, 2.75) is 17.6 Å². The highest BCUT2D eigenvalue weighted by molar-refractivity contribution is 7.99. The molecule has 168 valence electrons. The normalized spacial score (nSPS) is 15.3. The molecule has 9 nitrogen and oxygen atoms in total. The summed E-state index contributed by atoms with van der Waals surface area (Å²) in [5, 5.41) is 10.9. The quantitative estimate of drug-likeness (QED) is 0.420. The Kier molecular flexibility index (Phi) is 5.99. The first kappa shape index (κ1) is 21.6. The first-order valence-corrected chi connectivity index (χ1v) is 10.1. The molecule has 13 heteroatoms. The second kappa shape index (κ2) is 8.86. The van der Waals surface area contributed by atoms with E-state index in [-0.39, 0.29) is 23.3 Å². The molecule has 32 heavy (non-hydrogen) atoms. The number of anilines is 1. The Morgan fingerprint density at radius 2 is 1.91 bits per heavy atom. The Labute approximate surface area is 183 Å². The number of hydrogen-bond acceptors (Lipinski definition) is 8. The topological polar surface area (TPSA) is 114 Å². The number of fused-ring (bicyclic) bond motifs is 1. The molecule has 4 rings (SSSR count). The summed E-state index contributed by atoms with van der Waals surface area (Å²) >= 11 is 1.04. The minimum absolute atomic E-state index is 0.0546. The van der Waals surface area contributed by atoms with Gasteiger partial charge >= 0.3 is 6.36 Å². The maximum atomic E-state index is 12.2. The third kappa shape index (κ3) is 5.17. The van der Waals surface area contributed by atoms with Crippen molar-refractivity contribution < 1.29 is 32.2 Å². The molecule has 2 aromatic carbocycles. The number of aromatic nitrogens is 3. The molecule has 0 unspecified atom stereocenters. The molecule has 0 fully saturated rings. The number of nitrogens with one attached hydrogen (secondary N) is 1. The molecule has 0 radical (unpaired) electrons. The van der Waals surface area contributed by atoms with Crippen LogP contribution in [0.3, 0.4) is 0 Å². The predicted molar refractivity (Wildman–Crippen MR) is 108 cm³/mol. The van der Waals surface area contributed by atoms with Crippen LogP contribution in [0.1, 0.15) is 11.9 Å². The van der Waals surface area contributed by atoms with Crippen molar-refractivity contribution in [3.8, 4) is 17.2 Å². The van der Waals surface area contributed by atoms with Gasteiger partial charge in [-0.05, 0) is 36.4 Å². The van der Waals surface area contributed by atoms with Crippen molar-refractivity contribution in [2.75, 3.05) is 23.5 Å². The van der Waals surface area contributed by atoms with Gasteiger partial charge in [-0.1, -0.05) is 23.9 Å². The number of benzene rings is 2. The van der Waals surface area contributed by atoms with E-state index >= 15 is 0 Å². The van der Waals surface area contributed by atoms with E-state index in [9.17, 15) is 18.0 Å².